The molecule has 1 aliphatic heterocycles. The molecular weight excluding hydrogens is 216 g/mol. The number of carbonyl (C=O) groups excluding carboxylic acids is 1. The van der Waals surface area contributed by atoms with E-state index in [2.05, 4.69) is 31.1 Å². The van der Waals surface area contributed by atoms with Crippen LogP contribution in [0, 0.1) is 11.8 Å². The van der Waals surface area contributed by atoms with Crippen molar-refractivity contribution in [2.75, 3.05) is 20.1 Å². The van der Waals surface area contributed by atoms with E-state index in [1.165, 1.54) is 0 Å². The predicted molar refractivity (Wildman–Crippen MR) is 69.0 cm³/mol. The lowest BCUT2D eigenvalue weighted by Gasteiger charge is -2.40. The van der Waals surface area contributed by atoms with E-state index in [1.807, 2.05) is 20.8 Å². The third-order valence-corrected chi connectivity index (χ3v) is 3.11. The highest BCUT2D eigenvalue weighted by molar-refractivity contribution is 5.68. The molecule has 0 aliphatic carbocycles. The summed E-state index contributed by atoms with van der Waals surface area (Å²) in [6.45, 7) is 12.0. The minimum atomic E-state index is -0.429. The van der Waals surface area contributed by atoms with Gasteiger partial charge in [-0.25, -0.2) is 4.79 Å². The first kappa shape index (κ1) is 14.3. The zero-order valence-electron chi connectivity index (χ0n) is 11.9. The molecule has 1 rings (SSSR count). The maximum Gasteiger partial charge on any atom is 0.407 e. The second-order valence-electron chi connectivity index (χ2n) is 6.35. The number of nitrogens with one attached hydrogen (secondary N) is 1. The number of hydrogen-bond acceptors (Lipinski definition) is 3. The van der Waals surface area contributed by atoms with Gasteiger partial charge in [0.05, 0.1) is 0 Å². The van der Waals surface area contributed by atoms with Gasteiger partial charge in [0, 0.05) is 19.1 Å². The van der Waals surface area contributed by atoms with Crippen molar-refractivity contribution in [2.45, 2.75) is 46.3 Å². The van der Waals surface area contributed by atoms with Gasteiger partial charge < -0.3 is 15.0 Å². The molecule has 1 fully saturated rings. The summed E-state index contributed by atoms with van der Waals surface area (Å²) in [5.74, 6) is 0.910. The molecule has 1 N–H and O–H groups in total. The number of alkyl carbamates (subject to hydrolysis) is 1. The topological polar surface area (TPSA) is 41.6 Å². The van der Waals surface area contributed by atoms with Crippen molar-refractivity contribution in [3.8, 4) is 0 Å². The Balaban J connectivity index is 2.53. The zero-order chi connectivity index (χ0) is 13.2. The van der Waals surface area contributed by atoms with E-state index in [1.54, 1.807) is 0 Å². The largest absolute Gasteiger partial charge is 0.444 e. The highest BCUT2D eigenvalue weighted by Gasteiger charge is 2.32. The lowest BCUT2D eigenvalue weighted by molar-refractivity contribution is 0.0399. The van der Waals surface area contributed by atoms with Gasteiger partial charge in [-0.1, -0.05) is 13.8 Å². The molecule has 1 aliphatic rings. The lowest BCUT2D eigenvalue weighted by atomic mass is 9.86. The monoisotopic (exact) mass is 242 g/mol. The van der Waals surface area contributed by atoms with Crippen LogP contribution in [0.5, 0.6) is 0 Å². The van der Waals surface area contributed by atoms with Gasteiger partial charge in [-0.2, -0.15) is 0 Å². The Hall–Kier alpha value is -0.770. The van der Waals surface area contributed by atoms with E-state index in [0.29, 0.717) is 11.8 Å². The third kappa shape index (κ3) is 4.54. The van der Waals surface area contributed by atoms with Gasteiger partial charge in [0.25, 0.3) is 0 Å². The highest BCUT2D eigenvalue weighted by Crippen LogP contribution is 2.21. The Morgan fingerprint density at radius 2 is 1.71 bits per heavy atom. The average Bonchev–Trinajstić information content (AvgIpc) is 2.08. The minimum absolute atomic E-state index is 0.209. The van der Waals surface area contributed by atoms with Gasteiger partial charge in [-0.3, -0.25) is 0 Å². The Kier molecular flexibility index (Phi) is 4.42. The van der Waals surface area contributed by atoms with E-state index >= 15 is 0 Å². The Morgan fingerprint density at radius 1 is 1.24 bits per heavy atom. The van der Waals surface area contributed by atoms with Crippen LogP contribution in [-0.2, 0) is 4.74 Å². The number of likely N-dealkylation sites (tertiary alicyclic amines) is 1. The maximum absolute atomic E-state index is 11.8. The molecule has 4 heteroatoms. The fourth-order valence-electron chi connectivity index (χ4n) is 2.57. The van der Waals surface area contributed by atoms with Crippen LogP contribution in [0.2, 0.25) is 0 Å². The van der Waals surface area contributed by atoms with Gasteiger partial charge in [0.15, 0.2) is 0 Å². The van der Waals surface area contributed by atoms with Gasteiger partial charge >= 0.3 is 6.09 Å². The molecular formula is C13H26N2O2. The Bertz CT molecular complexity index is 261. The van der Waals surface area contributed by atoms with Crippen LogP contribution in [0.15, 0.2) is 0 Å². The lowest BCUT2D eigenvalue weighted by Crippen LogP contribution is -2.54. The highest BCUT2D eigenvalue weighted by atomic mass is 16.6. The van der Waals surface area contributed by atoms with E-state index in [9.17, 15) is 4.79 Å². The molecule has 1 heterocycles. The first-order valence-corrected chi connectivity index (χ1v) is 6.37. The number of rotatable bonds is 1. The molecule has 1 amide bonds. The van der Waals surface area contributed by atoms with Crippen molar-refractivity contribution in [3.63, 3.8) is 0 Å². The number of carbonyl (C=O) groups is 1. The first-order valence-electron chi connectivity index (χ1n) is 6.37. The fourth-order valence-corrected chi connectivity index (χ4v) is 2.57. The smallest absolute Gasteiger partial charge is 0.407 e. The molecule has 4 nitrogen and oxygen atoms in total. The number of ether oxygens (including phenoxy) is 1. The summed E-state index contributed by atoms with van der Waals surface area (Å²) in [4.78, 5) is 14.1. The van der Waals surface area contributed by atoms with Gasteiger partial charge in [-0.15, -0.1) is 0 Å². The summed E-state index contributed by atoms with van der Waals surface area (Å²) < 4.78 is 5.30. The quantitative estimate of drug-likeness (QED) is 0.765. The van der Waals surface area contributed by atoms with Crippen LogP contribution >= 0.6 is 0 Å². The van der Waals surface area contributed by atoms with Crippen LogP contribution < -0.4 is 5.32 Å². The van der Waals surface area contributed by atoms with E-state index in [-0.39, 0.29) is 12.1 Å². The summed E-state index contributed by atoms with van der Waals surface area (Å²) in [5, 5.41) is 3.01. The molecule has 0 aromatic carbocycles. The van der Waals surface area contributed by atoms with Crippen LogP contribution in [0.1, 0.15) is 34.6 Å². The van der Waals surface area contributed by atoms with Crippen LogP contribution in [-0.4, -0.2) is 42.8 Å². The molecule has 0 spiro atoms. The third-order valence-electron chi connectivity index (χ3n) is 3.11. The van der Waals surface area contributed by atoms with Crippen molar-refractivity contribution in [1.82, 2.24) is 10.2 Å². The molecule has 1 saturated heterocycles. The summed E-state index contributed by atoms with van der Waals surface area (Å²) in [6, 6.07) is 0.209. The molecule has 0 aromatic heterocycles. The second-order valence-corrected chi connectivity index (χ2v) is 6.35. The molecule has 2 unspecified atom stereocenters. The van der Waals surface area contributed by atoms with Crippen molar-refractivity contribution in [2.24, 2.45) is 11.8 Å². The standard InChI is InChI=1S/C13H26N2O2/c1-9-7-15(6)8-10(2)11(9)14-12(16)17-13(3,4)5/h9-11H,7-8H2,1-6H3,(H,14,16). The SMILES string of the molecule is CC1CN(C)CC(C)C1NC(=O)OC(C)(C)C. The molecule has 17 heavy (non-hydrogen) atoms. The van der Waals surface area contributed by atoms with Crippen LogP contribution in [0.25, 0.3) is 0 Å². The Labute approximate surface area is 105 Å². The van der Waals surface area contributed by atoms with Gasteiger partial charge in [0.1, 0.15) is 5.60 Å². The van der Waals surface area contributed by atoms with Gasteiger partial charge in [-0.05, 0) is 39.7 Å². The van der Waals surface area contributed by atoms with E-state index in [4.69, 9.17) is 4.74 Å². The van der Waals surface area contributed by atoms with Gasteiger partial charge in [0.2, 0.25) is 0 Å². The van der Waals surface area contributed by atoms with Crippen LogP contribution in [0.4, 0.5) is 4.79 Å². The normalized spacial score (nSPS) is 31.1. The summed E-state index contributed by atoms with van der Waals surface area (Å²) in [5.41, 5.74) is -0.429. The molecule has 100 valence electrons. The van der Waals surface area contributed by atoms with Crippen molar-refractivity contribution in [1.29, 1.82) is 0 Å². The fraction of sp³-hybridized carbons (Fsp3) is 0.923. The van der Waals surface area contributed by atoms with Crippen molar-refractivity contribution >= 4 is 6.09 Å². The summed E-state index contributed by atoms with van der Waals surface area (Å²) in [7, 11) is 2.12. The Morgan fingerprint density at radius 3 is 2.12 bits per heavy atom. The second kappa shape index (κ2) is 5.25. The molecule has 0 saturated carbocycles. The van der Waals surface area contributed by atoms with E-state index < -0.39 is 5.60 Å². The predicted octanol–water partition coefficient (Wildman–Crippen LogP) is 2.10. The average molecular weight is 242 g/mol. The van der Waals surface area contributed by atoms with E-state index in [0.717, 1.165) is 13.1 Å². The summed E-state index contributed by atoms with van der Waals surface area (Å²) >= 11 is 0. The number of amides is 1. The van der Waals surface area contributed by atoms with Crippen LogP contribution in [0.3, 0.4) is 0 Å². The molecule has 0 bridgehead atoms. The zero-order valence-corrected chi connectivity index (χ0v) is 11.9. The first-order chi connectivity index (χ1) is 7.69. The molecule has 0 aromatic rings. The minimum Gasteiger partial charge on any atom is -0.444 e. The summed E-state index contributed by atoms with van der Waals surface area (Å²) in [6.07, 6.45) is -0.300. The van der Waals surface area contributed by atoms with Crippen molar-refractivity contribution in [3.05, 3.63) is 0 Å². The maximum atomic E-state index is 11.8. The van der Waals surface area contributed by atoms with Crippen molar-refractivity contribution < 1.29 is 9.53 Å². The number of piperidine rings is 1. The molecule has 0 radical (unpaired) electrons. The number of nitrogens with zero attached hydrogens (tertiary/aromatic N) is 1. The molecule has 2 atom stereocenters. The number of hydrogen-bond donors (Lipinski definition) is 1.